The Morgan fingerprint density at radius 1 is 0.909 bits per heavy atom. The molecule has 1 aliphatic rings. The third kappa shape index (κ3) is 1.97. The summed E-state index contributed by atoms with van der Waals surface area (Å²) in [5, 5.41) is 4.24. The average Bonchev–Trinajstić information content (AvgIpc) is 3.02. The van der Waals surface area contributed by atoms with Crippen molar-refractivity contribution in [2.75, 3.05) is 0 Å². The predicted molar refractivity (Wildman–Crippen MR) is 85.6 cm³/mol. The van der Waals surface area contributed by atoms with Gasteiger partial charge in [0.05, 0.1) is 6.20 Å². The molecule has 1 aliphatic heterocycles. The molecule has 0 radical (unpaired) electrons. The summed E-state index contributed by atoms with van der Waals surface area (Å²) in [4.78, 5) is 17.2. The fraction of sp³-hybridized carbons (Fsp3) is 0.0556. The molecule has 2 heterocycles. The molecule has 0 bridgehead atoms. The van der Waals surface area contributed by atoms with Gasteiger partial charge in [0.1, 0.15) is 5.92 Å². The Bertz CT molecular complexity index is 851. The van der Waals surface area contributed by atoms with Gasteiger partial charge in [-0.05, 0) is 11.1 Å². The van der Waals surface area contributed by atoms with Crippen LogP contribution in [-0.4, -0.2) is 21.9 Å². The van der Waals surface area contributed by atoms with Crippen LogP contribution in [0.3, 0.4) is 0 Å². The first-order valence-corrected chi connectivity index (χ1v) is 7.11. The second-order valence-electron chi connectivity index (χ2n) is 5.16. The van der Waals surface area contributed by atoms with Gasteiger partial charge in [-0.1, -0.05) is 60.7 Å². The van der Waals surface area contributed by atoms with Gasteiger partial charge in [-0.15, -0.1) is 0 Å². The van der Waals surface area contributed by atoms with E-state index < -0.39 is 0 Å². The van der Waals surface area contributed by atoms with Crippen LogP contribution in [0.4, 0.5) is 5.82 Å². The normalized spacial score (nSPS) is 16.5. The van der Waals surface area contributed by atoms with E-state index in [2.05, 4.69) is 10.1 Å². The van der Waals surface area contributed by atoms with Gasteiger partial charge in [-0.25, -0.2) is 4.99 Å². The van der Waals surface area contributed by atoms with E-state index in [0.29, 0.717) is 5.82 Å². The minimum absolute atomic E-state index is 0.0709. The lowest BCUT2D eigenvalue weighted by atomic mass is 9.98. The Kier molecular flexibility index (Phi) is 2.93. The van der Waals surface area contributed by atoms with Gasteiger partial charge in [0.25, 0.3) is 5.91 Å². The number of aliphatic imine (C=N–C) groups is 1. The summed E-state index contributed by atoms with van der Waals surface area (Å²) in [6.07, 6.45) is 3.41. The van der Waals surface area contributed by atoms with Gasteiger partial charge in [0.2, 0.25) is 0 Å². The Labute approximate surface area is 127 Å². The highest BCUT2D eigenvalue weighted by Gasteiger charge is 2.28. The van der Waals surface area contributed by atoms with Gasteiger partial charge >= 0.3 is 0 Å². The molecule has 2 aromatic carbocycles. The molecule has 0 unspecified atom stereocenters. The summed E-state index contributed by atoms with van der Waals surface area (Å²) in [6.45, 7) is 0. The number of hydrogen-bond donors (Lipinski definition) is 0. The molecule has 1 atom stereocenters. The van der Waals surface area contributed by atoms with Crippen LogP contribution in [-0.2, 0) is 0 Å². The largest absolute Gasteiger partial charge is 0.271 e. The zero-order valence-electron chi connectivity index (χ0n) is 11.8. The van der Waals surface area contributed by atoms with Crippen LogP contribution in [0.5, 0.6) is 0 Å². The van der Waals surface area contributed by atoms with E-state index in [4.69, 9.17) is 0 Å². The molecule has 22 heavy (non-hydrogen) atoms. The second kappa shape index (κ2) is 5.07. The molecule has 0 saturated heterocycles. The summed E-state index contributed by atoms with van der Waals surface area (Å²) in [5.41, 5.74) is 2.81. The Balaban J connectivity index is 1.77. The summed E-state index contributed by atoms with van der Waals surface area (Å²) < 4.78 is 1.40. The van der Waals surface area contributed by atoms with Gasteiger partial charge in [-0.3, -0.25) is 4.79 Å². The minimum atomic E-state index is -0.378. The SMILES string of the molecule is O=C1[C@@H](c2ccccc2)C=Nc2c(-c3ccccc3)cnn21. The standard InChI is InChI=1S/C18H13N3O/c22-18-16(14-9-5-2-6-10-14)11-19-17-15(12-20-21(17)18)13-7-3-1-4-8-13/h1-12,16H/t16-/m1/s1. The van der Waals surface area contributed by atoms with Crippen molar-refractivity contribution in [3.05, 3.63) is 72.4 Å². The molecule has 4 heteroatoms. The molecule has 0 amide bonds. The highest BCUT2D eigenvalue weighted by molar-refractivity contribution is 6.05. The van der Waals surface area contributed by atoms with Crippen LogP contribution >= 0.6 is 0 Å². The molecule has 4 rings (SSSR count). The lowest BCUT2D eigenvalue weighted by Crippen LogP contribution is -2.25. The van der Waals surface area contributed by atoms with Crippen molar-refractivity contribution in [3.63, 3.8) is 0 Å². The van der Waals surface area contributed by atoms with Crippen molar-refractivity contribution in [3.8, 4) is 11.1 Å². The fourth-order valence-electron chi connectivity index (χ4n) is 2.68. The maximum absolute atomic E-state index is 12.7. The lowest BCUT2D eigenvalue weighted by Gasteiger charge is -2.16. The van der Waals surface area contributed by atoms with E-state index in [9.17, 15) is 4.79 Å². The van der Waals surface area contributed by atoms with Crippen LogP contribution in [0.15, 0.2) is 71.9 Å². The number of aromatic nitrogens is 2. The average molecular weight is 287 g/mol. The Morgan fingerprint density at radius 3 is 2.32 bits per heavy atom. The third-order valence-electron chi connectivity index (χ3n) is 3.81. The number of fused-ring (bicyclic) bond motifs is 1. The number of carbonyl (C=O) groups is 1. The van der Waals surface area contributed by atoms with Gasteiger partial charge in [-0.2, -0.15) is 9.78 Å². The van der Waals surface area contributed by atoms with Crippen molar-refractivity contribution < 1.29 is 4.79 Å². The molecule has 0 aliphatic carbocycles. The van der Waals surface area contributed by atoms with Crippen LogP contribution in [0, 0.1) is 0 Å². The Hall–Kier alpha value is -3.01. The zero-order valence-corrected chi connectivity index (χ0v) is 11.8. The van der Waals surface area contributed by atoms with E-state index in [1.165, 1.54) is 4.68 Å². The van der Waals surface area contributed by atoms with E-state index in [0.717, 1.165) is 16.7 Å². The first-order valence-electron chi connectivity index (χ1n) is 7.11. The highest BCUT2D eigenvalue weighted by atomic mass is 16.2. The fourth-order valence-corrected chi connectivity index (χ4v) is 2.68. The molecule has 0 N–H and O–H groups in total. The van der Waals surface area contributed by atoms with Crippen molar-refractivity contribution in [1.82, 2.24) is 9.78 Å². The van der Waals surface area contributed by atoms with Crippen LogP contribution in [0.1, 0.15) is 16.3 Å². The summed E-state index contributed by atoms with van der Waals surface area (Å²) >= 11 is 0. The Morgan fingerprint density at radius 2 is 1.59 bits per heavy atom. The molecule has 0 fully saturated rings. The first-order chi connectivity index (χ1) is 10.8. The number of benzene rings is 2. The predicted octanol–water partition coefficient (Wildman–Crippen LogP) is 3.69. The zero-order chi connectivity index (χ0) is 14.9. The number of rotatable bonds is 2. The van der Waals surface area contributed by atoms with E-state index in [1.54, 1.807) is 12.4 Å². The summed E-state index contributed by atoms with van der Waals surface area (Å²) in [5.74, 6) is 0.152. The van der Waals surface area contributed by atoms with Crippen molar-refractivity contribution in [2.24, 2.45) is 4.99 Å². The number of nitrogens with zero attached hydrogens (tertiary/aromatic N) is 3. The maximum atomic E-state index is 12.7. The first kappa shape index (κ1) is 12.7. The number of hydrogen-bond acceptors (Lipinski definition) is 3. The monoisotopic (exact) mass is 287 g/mol. The summed E-state index contributed by atoms with van der Waals surface area (Å²) in [6, 6.07) is 19.5. The summed E-state index contributed by atoms with van der Waals surface area (Å²) in [7, 11) is 0. The van der Waals surface area contributed by atoms with E-state index in [1.807, 2.05) is 60.7 Å². The van der Waals surface area contributed by atoms with Gasteiger partial charge in [0.15, 0.2) is 5.82 Å². The molecule has 4 nitrogen and oxygen atoms in total. The van der Waals surface area contributed by atoms with Crippen LogP contribution < -0.4 is 0 Å². The molecule has 0 spiro atoms. The van der Waals surface area contributed by atoms with Gasteiger partial charge in [0, 0.05) is 11.8 Å². The minimum Gasteiger partial charge on any atom is -0.271 e. The van der Waals surface area contributed by atoms with Crippen molar-refractivity contribution >= 4 is 17.9 Å². The molecule has 3 aromatic rings. The van der Waals surface area contributed by atoms with E-state index >= 15 is 0 Å². The molecular weight excluding hydrogens is 274 g/mol. The maximum Gasteiger partial charge on any atom is 0.261 e. The van der Waals surface area contributed by atoms with Crippen molar-refractivity contribution in [1.29, 1.82) is 0 Å². The van der Waals surface area contributed by atoms with Crippen LogP contribution in [0.2, 0.25) is 0 Å². The van der Waals surface area contributed by atoms with Crippen molar-refractivity contribution in [2.45, 2.75) is 5.92 Å². The second-order valence-corrected chi connectivity index (χ2v) is 5.16. The number of carbonyl (C=O) groups excluding carboxylic acids is 1. The smallest absolute Gasteiger partial charge is 0.261 e. The highest BCUT2D eigenvalue weighted by Crippen LogP contribution is 2.34. The molecule has 0 saturated carbocycles. The molecule has 106 valence electrons. The quantitative estimate of drug-likeness (QED) is 0.721. The third-order valence-corrected chi connectivity index (χ3v) is 3.81. The van der Waals surface area contributed by atoms with Gasteiger partial charge < -0.3 is 0 Å². The molecular formula is C18H13N3O. The van der Waals surface area contributed by atoms with Crippen LogP contribution in [0.25, 0.3) is 11.1 Å². The topological polar surface area (TPSA) is 47.2 Å². The van der Waals surface area contributed by atoms with E-state index in [-0.39, 0.29) is 11.8 Å². The lowest BCUT2D eigenvalue weighted by molar-refractivity contribution is 0.0887. The molecule has 1 aromatic heterocycles.